The highest BCUT2D eigenvalue weighted by atomic mass is 16.4. The Morgan fingerprint density at radius 1 is 1.50 bits per heavy atom. The summed E-state index contributed by atoms with van der Waals surface area (Å²) < 4.78 is 1.87. The van der Waals surface area contributed by atoms with Crippen LogP contribution >= 0.6 is 0 Å². The molecule has 0 saturated heterocycles. The molecule has 0 saturated carbocycles. The monoisotopic (exact) mass is 252 g/mol. The van der Waals surface area contributed by atoms with Gasteiger partial charge in [0.1, 0.15) is 5.78 Å². The molecule has 0 aliphatic carbocycles. The van der Waals surface area contributed by atoms with Crippen LogP contribution in [-0.4, -0.2) is 26.4 Å². The topological polar surface area (TPSA) is 72.2 Å². The maximum atomic E-state index is 12.0. The van der Waals surface area contributed by atoms with E-state index >= 15 is 0 Å². The zero-order valence-electron chi connectivity index (χ0n) is 11.3. The molecule has 0 aliphatic heterocycles. The standard InChI is InChI=1S/C13H20N2O3/c1-9(5-10-7-14-8-15(10)4)11(16)6-13(2,3)12(17)18/h7-9H,5-6H2,1-4H3,(H,17,18). The van der Waals surface area contributed by atoms with Crippen LogP contribution in [0.4, 0.5) is 0 Å². The number of aliphatic carboxylic acids is 1. The van der Waals surface area contributed by atoms with Gasteiger partial charge in [-0.15, -0.1) is 0 Å². The second-order valence-electron chi connectivity index (χ2n) is 5.43. The summed E-state index contributed by atoms with van der Waals surface area (Å²) in [7, 11) is 1.88. The molecule has 5 nitrogen and oxygen atoms in total. The third-order valence-corrected chi connectivity index (χ3v) is 3.18. The van der Waals surface area contributed by atoms with Crippen molar-refractivity contribution in [3.05, 3.63) is 18.2 Å². The lowest BCUT2D eigenvalue weighted by atomic mass is 9.83. The Bertz CT molecular complexity index is 449. The smallest absolute Gasteiger partial charge is 0.309 e. The highest BCUT2D eigenvalue weighted by Crippen LogP contribution is 2.24. The van der Waals surface area contributed by atoms with Crippen molar-refractivity contribution in [1.29, 1.82) is 0 Å². The lowest BCUT2D eigenvalue weighted by molar-refractivity contribution is -0.149. The predicted molar refractivity (Wildman–Crippen MR) is 67.1 cm³/mol. The van der Waals surface area contributed by atoms with Gasteiger partial charge in [0.15, 0.2) is 0 Å². The number of nitrogens with zero attached hydrogens (tertiary/aromatic N) is 2. The Kier molecular flexibility index (Phi) is 4.27. The van der Waals surface area contributed by atoms with Gasteiger partial charge in [0.25, 0.3) is 0 Å². The van der Waals surface area contributed by atoms with Gasteiger partial charge in [-0.2, -0.15) is 0 Å². The Hall–Kier alpha value is -1.65. The van der Waals surface area contributed by atoms with Crippen molar-refractivity contribution in [2.75, 3.05) is 0 Å². The SMILES string of the molecule is CC(Cc1cncn1C)C(=O)CC(C)(C)C(=O)O. The predicted octanol–water partition coefficient (Wildman–Crippen LogP) is 1.67. The largest absolute Gasteiger partial charge is 0.481 e. The van der Waals surface area contributed by atoms with Crippen LogP contribution < -0.4 is 0 Å². The molecule has 5 heteroatoms. The number of carbonyl (C=O) groups excluding carboxylic acids is 1. The first-order valence-electron chi connectivity index (χ1n) is 5.95. The van der Waals surface area contributed by atoms with Crippen molar-refractivity contribution in [2.24, 2.45) is 18.4 Å². The number of hydrogen-bond acceptors (Lipinski definition) is 3. The number of ketones is 1. The number of aryl methyl sites for hydroxylation is 1. The summed E-state index contributed by atoms with van der Waals surface area (Å²) in [4.78, 5) is 27.0. The van der Waals surface area contributed by atoms with Crippen LogP contribution in [0.1, 0.15) is 32.9 Å². The number of hydrogen-bond donors (Lipinski definition) is 1. The number of rotatable bonds is 6. The average Bonchev–Trinajstić information content (AvgIpc) is 2.63. The third kappa shape index (κ3) is 3.42. The summed E-state index contributed by atoms with van der Waals surface area (Å²) in [6.07, 6.45) is 4.06. The van der Waals surface area contributed by atoms with Gasteiger partial charge in [-0.3, -0.25) is 9.59 Å². The molecule has 1 aromatic heterocycles. The summed E-state index contributed by atoms with van der Waals surface area (Å²) >= 11 is 0. The van der Waals surface area contributed by atoms with E-state index in [4.69, 9.17) is 5.11 Å². The summed E-state index contributed by atoms with van der Waals surface area (Å²) in [5.41, 5.74) is -0.0263. The van der Waals surface area contributed by atoms with E-state index in [1.807, 2.05) is 18.5 Å². The van der Waals surface area contributed by atoms with Gasteiger partial charge in [0.2, 0.25) is 0 Å². The number of aromatic nitrogens is 2. The van der Waals surface area contributed by atoms with Crippen LogP contribution in [0, 0.1) is 11.3 Å². The Morgan fingerprint density at radius 2 is 2.11 bits per heavy atom. The van der Waals surface area contributed by atoms with Crippen molar-refractivity contribution in [3.63, 3.8) is 0 Å². The van der Waals surface area contributed by atoms with Crippen molar-refractivity contribution < 1.29 is 14.7 Å². The minimum Gasteiger partial charge on any atom is -0.481 e. The van der Waals surface area contributed by atoms with Gasteiger partial charge in [-0.25, -0.2) is 4.98 Å². The normalized spacial score (nSPS) is 13.3. The fourth-order valence-corrected chi connectivity index (χ4v) is 1.69. The lowest BCUT2D eigenvalue weighted by Crippen LogP contribution is -2.29. The molecule has 0 radical (unpaired) electrons. The minimum atomic E-state index is -1.00. The molecule has 0 aromatic carbocycles. The molecule has 1 aromatic rings. The van der Waals surface area contributed by atoms with E-state index in [0.717, 1.165) is 5.69 Å². The molecule has 1 rings (SSSR count). The van der Waals surface area contributed by atoms with E-state index in [1.54, 1.807) is 26.4 Å². The first kappa shape index (κ1) is 14.4. The van der Waals surface area contributed by atoms with Crippen LogP contribution in [0.3, 0.4) is 0 Å². The molecule has 18 heavy (non-hydrogen) atoms. The molecule has 0 spiro atoms. The highest BCUT2D eigenvalue weighted by molar-refractivity contribution is 5.87. The molecule has 0 bridgehead atoms. The molecule has 1 unspecified atom stereocenters. The van der Waals surface area contributed by atoms with Crippen LogP contribution in [0.2, 0.25) is 0 Å². The maximum absolute atomic E-state index is 12.0. The van der Waals surface area contributed by atoms with Gasteiger partial charge in [0, 0.05) is 31.3 Å². The lowest BCUT2D eigenvalue weighted by Gasteiger charge is -2.20. The van der Waals surface area contributed by atoms with Gasteiger partial charge in [-0.1, -0.05) is 6.92 Å². The molecule has 0 aliphatic rings. The molecule has 0 amide bonds. The summed E-state index contributed by atoms with van der Waals surface area (Å²) in [5, 5.41) is 9.01. The number of carbonyl (C=O) groups is 2. The first-order chi connectivity index (χ1) is 8.24. The number of carboxylic acid groups (broad SMARTS) is 1. The van der Waals surface area contributed by atoms with E-state index in [1.165, 1.54) is 0 Å². The average molecular weight is 252 g/mol. The molecule has 1 atom stereocenters. The zero-order valence-corrected chi connectivity index (χ0v) is 11.3. The second-order valence-corrected chi connectivity index (χ2v) is 5.43. The fourth-order valence-electron chi connectivity index (χ4n) is 1.69. The molecule has 100 valence electrons. The number of carboxylic acids is 1. The Balaban J connectivity index is 2.63. The van der Waals surface area contributed by atoms with E-state index in [9.17, 15) is 9.59 Å². The molecule has 1 heterocycles. The zero-order chi connectivity index (χ0) is 13.9. The van der Waals surface area contributed by atoms with Crippen molar-refractivity contribution in [3.8, 4) is 0 Å². The molecular weight excluding hydrogens is 232 g/mol. The van der Waals surface area contributed by atoms with Crippen molar-refractivity contribution in [2.45, 2.75) is 33.6 Å². The van der Waals surface area contributed by atoms with E-state index < -0.39 is 11.4 Å². The fraction of sp³-hybridized carbons (Fsp3) is 0.615. The Labute approximate surface area is 107 Å². The minimum absolute atomic E-state index is 0.0244. The van der Waals surface area contributed by atoms with Gasteiger partial charge >= 0.3 is 5.97 Å². The van der Waals surface area contributed by atoms with E-state index in [0.29, 0.717) is 6.42 Å². The quantitative estimate of drug-likeness (QED) is 0.835. The van der Waals surface area contributed by atoms with Crippen molar-refractivity contribution in [1.82, 2.24) is 9.55 Å². The van der Waals surface area contributed by atoms with E-state index in [-0.39, 0.29) is 18.1 Å². The summed E-state index contributed by atoms with van der Waals surface area (Å²) in [6.45, 7) is 4.97. The van der Waals surface area contributed by atoms with Gasteiger partial charge in [0.05, 0.1) is 11.7 Å². The summed E-state index contributed by atoms with van der Waals surface area (Å²) in [6, 6.07) is 0. The third-order valence-electron chi connectivity index (χ3n) is 3.18. The van der Waals surface area contributed by atoms with E-state index in [2.05, 4.69) is 4.98 Å². The van der Waals surface area contributed by atoms with Gasteiger partial charge < -0.3 is 9.67 Å². The second kappa shape index (κ2) is 5.33. The maximum Gasteiger partial charge on any atom is 0.309 e. The van der Waals surface area contributed by atoms with Gasteiger partial charge in [-0.05, 0) is 20.3 Å². The number of Topliss-reactive ketones (excluding diaryl/α,β-unsaturated/α-hetero) is 1. The van der Waals surface area contributed by atoms with Crippen LogP contribution in [-0.2, 0) is 23.1 Å². The molecular formula is C13H20N2O3. The number of imidazole rings is 1. The van der Waals surface area contributed by atoms with Crippen molar-refractivity contribution >= 4 is 11.8 Å². The highest BCUT2D eigenvalue weighted by Gasteiger charge is 2.31. The molecule has 0 fully saturated rings. The van der Waals surface area contributed by atoms with Crippen LogP contribution in [0.25, 0.3) is 0 Å². The van der Waals surface area contributed by atoms with Crippen LogP contribution in [0.5, 0.6) is 0 Å². The first-order valence-corrected chi connectivity index (χ1v) is 5.95. The van der Waals surface area contributed by atoms with Crippen LogP contribution in [0.15, 0.2) is 12.5 Å². The summed E-state index contributed by atoms with van der Waals surface area (Å²) in [5.74, 6) is -1.16. The Morgan fingerprint density at radius 3 is 2.56 bits per heavy atom. The molecule has 1 N–H and O–H groups in total.